The molecule has 1 atom stereocenters. The summed E-state index contributed by atoms with van der Waals surface area (Å²) < 4.78 is 0. The molecule has 2 aliphatic heterocycles. The van der Waals surface area contributed by atoms with Gasteiger partial charge in [-0.25, -0.2) is 9.97 Å². The number of benzene rings is 1. The molecule has 0 radical (unpaired) electrons. The summed E-state index contributed by atoms with van der Waals surface area (Å²) in [6.07, 6.45) is 3.32. The number of hydrogen-bond acceptors (Lipinski definition) is 8. The number of carbonyl (C=O) groups excluding carboxylic acids is 1. The first-order valence-corrected chi connectivity index (χ1v) is 11.9. The van der Waals surface area contributed by atoms with Crippen molar-refractivity contribution in [3.8, 4) is 0 Å². The number of piperazine rings is 1. The zero-order valence-corrected chi connectivity index (χ0v) is 19.5. The molecule has 34 heavy (non-hydrogen) atoms. The van der Waals surface area contributed by atoms with Gasteiger partial charge in [-0.1, -0.05) is 18.2 Å². The fraction of sp³-hybridized carbons (Fsp3) is 0.400. The lowest BCUT2D eigenvalue weighted by Gasteiger charge is -2.36. The fourth-order valence-electron chi connectivity index (χ4n) is 4.61. The van der Waals surface area contributed by atoms with Crippen LogP contribution in [0, 0.1) is 12.8 Å². The number of nitrogens with one attached hydrogen (secondary N) is 1. The summed E-state index contributed by atoms with van der Waals surface area (Å²) in [5.41, 5.74) is 2.13. The second-order valence-electron chi connectivity index (χ2n) is 8.88. The van der Waals surface area contributed by atoms with Gasteiger partial charge in [-0.15, -0.1) is 5.10 Å². The number of amides is 1. The minimum Gasteiger partial charge on any atom is -0.368 e. The highest BCUT2D eigenvalue weighted by Crippen LogP contribution is 2.24. The summed E-state index contributed by atoms with van der Waals surface area (Å²) in [7, 11) is 0. The van der Waals surface area contributed by atoms with E-state index in [2.05, 4.69) is 64.4 Å². The van der Waals surface area contributed by atoms with Crippen molar-refractivity contribution >= 4 is 29.0 Å². The molecule has 176 valence electrons. The number of rotatable bonds is 5. The molecule has 1 N–H and O–H groups in total. The van der Waals surface area contributed by atoms with Gasteiger partial charge < -0.3 is 20.0 Å². The molecule has 0 bridgehead atoms. The molecule has 9 heteroatoms. The van der Waals surface area contributed by atoms with Crippen molar-refractivity contribution in [2.24, 2.45) is 5.92 Å². The predicted octanol–water partition coefficient (Wildman–Crippen LogP) is 2.76. The van der Waals surface area contributed by atoms with Crippen molar-refractivity contribution in [2.45, 2.75) is 19.8 Å². The number of anilines is 4. The molecule has 2 fully saturated rings. The largest absolute Gasteiger partial charge is 0.368 e. The van der Waals surface area contributed by atoms with Gasteiger partial charge in [0.15, 0.2) is 5.82 Å². The third-order valence-corrected chi connectivity index (χ3v) is 6.53. The maximum atomic E-state index is 13.0. The SMILES string of the molecule is Cc1ccc(N2CCCC(C(=O)Nc3cc(N4CCN(c5ccccc5)CC4)ncn3)C2)nn1. The lowest BCUT2D eigenvalue weighted by Crippen LogP contribution is -2.46. The van der Waals surface area contributed by atoms with E-state index in [1.54, 1.807) is 0 Å². The first kappa shape index (κ1) is 22.1. The van der Waals surface area contributed by atoms with E-state index >= 15 is 0 Å². The minimum absolute atomic E-state index is 0.0108. The number of carbonyl (C=O) groups is 1. The Bertz CT molecular complexity index is 1100. The van der Waals surface area contributed by atoms with E-state index in [0.29, 0.717) is 12.4 Å². The predicted molar refractivity (Wildman–Crippen MR) is 133 cm³/mol. The molecule has 2 aromatic heterocycles. The van der Waals surface area contributed by atoms with Crippen LogP contribution in [0.15, 0.2) is 54.9 Å². The average Bonchev–Trinajstić information content (AvgIpc) is 2.90. The fourth-order valence-corrected chi connectivity index (χ4v) is 4.61. The van der Waals surface area contributed by atoms with Crippen molar-refractivity contribution in [1.82, 2.24) is 20.2 Å². The molecule has 1 unspecified atom stereocenters. The molecule has 1 aromatic carbocycles. The van der Waals surface area contributed by atoms with Crippen LogP contribution in [0.3, 0.4) is 0 Å². The molecule has 1 amide bonds. The van der Waals surface area contributed by atoms with Crippen LogP contribution >= 0.6 is 0 Å². The summed E-state index contributed by atoms with van der Waals surface area (Å²) in [6.45, 7) is 7.02. The van der Waals surface area contributed by atoms with Gasteiger partial charge in [-0.05, 0) is 44.0 Å². The number of nitrogens with zero attached hydrogens (tertiary/aromatic N) is 7. The highest BCUT2D eigenvalue weighted by Gasteiger charge is 2.27. The number of piperidine rings is 1. The van der Waals surface area contributed by atoms with Gasteiger partial charge >= 0.3 is 0 Å². The van der Waals surface area contributed by atoms with E-state index in [1.807, 2.05) is 31.2 Å². The van der Waals surface area contributed by atoms with Crippen LogP contribution in [-0.4, -0.2) is 65.3 Å². The summed E-state index contributed by atoms with van der Waals surface area (Å²) in [5, 5.41) is 11.5. The minimum atomic E-state index is -0.121. The van der Waals surface area contributed by atoms with Crippen LogP contribution in [0.25, 0.3) is 0 Å². The number of para-hydroxylation sites is 1. The van der Waals surface area contributed by atoms with E-state index < -0.39 is 0 Å². The molecule has 4 heterocycles. The Morgan fingerprint density at radius 3 is 2.44 bits per heavy atom. The molecule has 2 saturated heterocycles. The van der Waals surface area contributed by atoms with Gasteiger partial charge in [0.05, 0.1) is 11.6 Å². The molecule has 2 aliphatic rings. The monoisotopic (exact) mass is 458 g/mol. The topological polar surface area (TPSA) is 90.4 Å². The third-order valence-electron chi connectivity index (χ3n) is 6.53. The molecule has 0 aliphatic carbocycles. The second-order valence-corrected chi connectivity index (χ2v) is 8.88. The maximum Gasteiger partial charge on any atom is 0.230 e. The van der Waals surface area contributed by atoms with E-state index in [9.17, 15) is 4.79 Å². The van der Waals surface area contributed by atoms with Gasteiger partial charge in [0.2, 0.25) is 5.91 Å². The Morgan fingerprint density at radius 2 is 1.68 bits per heavy atom. The van der Waals surface area contributed by atoms with Gasteiger partial charge in [0.25, 0.3) is 0 Å². The lowest BCUT2D eigenvalue weighted by molar-refractivity contribution is -0.120. The highest BCUT2D eigenvalue weighted by atomic mass is 16.2. The zero-order chi connectivity index (χ0) is 23.3. The van der Waals surface area contributed by atoms with E-state index in [1.165, 1.54) is 12.0 Å². The maximum absolute atomic E-state index is 13.0. The van der Waals surface area contributed by atoms with E-state index in [4.69, 9.17) is 0 Å². The summed E-state index contributed by atoms with van der Waals surface area (Å²) in [6, 6.07) is 16.3. The standard InChI is InChI=1S/C25H30N8O/c1-19-9-10-23(30-29-19)33-11-5-6-20(17-33)25(34)28-22-16-24(27-18-26-22)32-14-12-31(13-15-32)21-7-3-2-4-8-21/h2-4,7-10,16,18,20H,5-6,11-15,17H2,1H3,(H,26,27,28,34). The zero-order valence-electron chi connectivity index (χ0n) is 19.5. The summed E-state index contributed by atoms with van der Waals surface area (Å²) >= 11 is 0. The normalized spacial score (nSPS) is 18.6. The number of aromatic nitrogens is 4. The third kappa shape index (κ3) is 5.08. The van der Waals surface area contributed by atoms with Crippen molar-refractivity contribution in [1.29, 1.82) is 0 Å². The van der Waals surface area contributed by atoms with Crippen molar-refractivity contribution in [3.05, 3.63) is 60.6 Å². The Morgan fingerprint density at radius 1 is 0.882 bits per heavy atom. The summed E-state index contributed by atoms with van der Waals surface area (Å²) in [5.74, 6) is 2.08. The lowest BCUT2D eigenvalue weighted by atomic mass is 9.97. The average molecular weight is 459 g/mol. The smallest absolute Gasteiger partial charge is 0.230 e. The van der Waals surface area contributed by atoms with Crippen LogP contribution in [0.1, 0.15) is 18.5 Å². The molecule has 5 rings (SSSR count). The number of hydrogen-bond donors (Lipinski definition) is 1. The van der Waals surface area contributed by atoms with Gasteiger partial charge in [0, 0.05) is 51.0 Å². The molecule has 0 saturated carbocycles. The Kier molecular flexibility index (Phi) is 6.51. The van der Waals surface area contributed by atoms with E-state index in [-0.39, 0.29) is 11.8 Å². The Hall–Kier alpha value is -3.75. The van der Waals surface area contributed by atoms with Crippen LogP contribution in [-0.2, 0) is 4.79 Å². The highest BCUT2D eigenvalue weighted by molar-refractivity contribution is 5.92. The van der Waals surface area contributed by atoms with Gasteiger partial charge in [-0.3, -0.25) is 4.79 Å². The van der Waals surface area contributed by atoms with Crippen LogP contribution in [0.5, 0.6) is 0 Å². The van der Waals surface area contributed by atoms with Crippen molar-refractivity contribution < 1.29 is 4.79 Å². The molecular formula is C25H30N8O. The quantitative estimate of drug-likeness (QED) is 0.624. The van der Waals surface area contributed by atoms with Crippen LogP contribution in [0.2, 0.25) is 0 Å². The molecule has 0 spiro atoms. The first-order valence-electron chi connectivity index (χ1n) is 11.9. The van der Waals surface area contributed by atoms with Crippen molar-refractivity contribution in [2.75, 3.05) is 59.3 Å². The first-order chi connectivity index (χ1) is 16.7. The van der Waals surface area contributed by atoms with E-state index in [0.717, 1.165) is 62.9 Å². The van der Waals surface area contributed by atoms with Crippen molar-refractivity contribution in [3.63, 3.8) is 0 Å². The van der Waals surface area contributed by atoms with Crippen LogP contribution < -0.4 is 20.0 Å². The molecule has 3 aromatic rings. The van der Waals surface area contributed by atoms with Gasteiger partial charge in [-0.2, -0.15) is 5.10 Å². The molecular weight excluding hydrogens is 428 g/mol. The van der Waals surface area contributed by atoms with Gasteiger partial charge in [0.1, 0.15) is 18.0 Å². The number of aryl methyl sites for hydroxylation is 1. The second kappa shape index (κ2) is 10.0. The molecule has 9 nitrogen and oxygen atoms in total. The van der Waals surface area contributed by atoms with Crippen LogP contribution in [0.4, 0.5) is 23.1 Å². The Balaban J connectivity index is 1.18. The Labute approximate surface area is 199 Å². The summed E-state index contributed by atoms with van der Waals surface area (Å²) in [4.78, 5) is 28.6.